The number of rotatable bonds is 6. The summed E-state index contributed by atoms with van der Waals surface area (Å²) in [6.07, 6.45) is -1.24. The Kier molecular flexibility index (Phi) is 6.37. The zero-order valence-corrected chi connectivity index (χ0v) is 21.6. The third kappa shape index (κ3) is 4.61. The molecule has 0 saturated heterocycles. The van der Waals surface area contributed by atoms with Crippen LogP contribution in [0.1, 0.15) is 46.1 Å². The number of hydrogen-bond acceptors (Lipinski definition) is 3. The van der Waals surface area contributed by atoms with Crippen LogP contribution >= 0.6 is 0 Å². The molecule has 2 heterocycles. The molecule has 0 bridgehead atoms. The van der Waals surface area contributed by atoms with Gasteiger partial charge in [0.2, 0.25) is 5.91 Å². The molecule has 1 saturated carbocycles. The van der Waals surface area contributed by atoms with E-state index in [1.54, 1.807) is 12.0 Å². The summed E-state index contributed by atoms with van der Waals surface area (Å²) < 4.78 is 47.4. The van der Waals surface area contributed by atoms with Gasteiger partial charge in [-0.05, 0) is 73.0 Å². The number of fused-ring (bicyclic) bond motifs is 3. The summed E-state index contributed by atoms with van der Waals surface area (Å²) >= 11 is 0. The molecule has 2 aliphatic rings. The van der Waals surface area contributed by atoms with Crippen molar-refractivity contribution < 1.29 is 27.5 Å². The SMILES string of the molecule is COc1ccc(C2c3cccn3-c3ccccc3N2C(=O)CN(C(=O)c2cccc(C(F)(F)F)c2)C2CC2)cc1. The lowest BCUT2D eigenvalue weighted by atomic mass is 9.97. The second kappa shape index (κ2) is 9.89. The number of ether oxygens (including phenoxy) is 1. The predicted octanol–water partition coefficient (Wildman–Crippen LogP) is 6.25. The molecule has 4 aromatic rings. The summed E-state index contributed by atoms with van der Waals surface area (Å²) in [5.41, 5.74) is 2.24. The van der Waals surface area contributed by atoms with E-state index in [2.05, 4.69) is 0 Å². The average molecular weight is 546 g/mol. The molecule has 9 heteroatoms. The molecule has 6 rings (SSSR count). The number of hydrogen-bond donors (Lipinski definition) is 0. The number of carbonyl (C=O) groups excluding carboxylic acids is 2. The van der Waals surface area contributed by atoms with Crippen LogP contribution in [0.4, 0.5) is 18.9 Å². The highest BCUT2D eigenvalue weighted by atomic mass is 19.4. The normalized spacial score (nSPS) is 16.2. The van der Waals surface area contributed by atoms with E-state index in [-0.39, 0.29) is 24.1 Å². The number of nitrogens with zero attached hydrogens (tertiary/aromatic N) is 3. The Balaban J connectivity index is 1.38. The van der Waals surface area contributed by atoms with Gasteiger partial charge in [-0.1, -0.05) is 30.3 Å². The van der Waals surface area contributed by atoms with E-state index in [0.29, 0.717) is 24.3 Å². The first-order valence-corrected chi connectivity index (χ1v) is 13.0. The molecule has 40 heavy (non-hydrogen) atoms. The number of anilines is 1. The fourth-order valence-electron chi connectivity index (χ4n) is 5.33. The summed E-state index contributed by atoms with van der Waals surface area (Å²) in [6, 6.07) is 22.6. The molecule has 2 amide bonds. The minimum atomic E-state index is -4.57. The van der Waals surface area contributed by atoms with Gasteiger partial charge in [-0.2, -0.15) is 13.2 Å². The molecule has 1 aliphatic heterocycles. The summed E-state index contributed by atoms with van der Waals surface area (Å²) in [4.78, 5) is 30.9. The maximum Gasteiger partial charge on any atom is 0.416 e. The van der Waals surface area contributed by atoms with Crippen LogP contribution in [0, 0.1) is 0 Å². The van der Waals surface area contributed by atoms with Crippen LogP contribution in [-0.4, -0.2) is 41.0 Å². The molecule has 1 aliphatic carbocycles. The summed E-state index contributed by atoms with van der Waals surface area (Å²) in [7, 11) is 1.58. The van der Waals surface area contributed by atoms with Crippen molar-refractivity contribution in [1.82, 2.24) is 9.47 Å². The molecule has 1 atom stereocenters. The number of aromatic nitrogens is 1. The molecule has 204 valence electrons. The summed E-state index contributed by atoms with van der Waals surface area (Å²) in [5, 5.41) is 0. The van der Waals surface area contributed by atoms with Crippen molar-refractivity contribution in [1.29, 1.82) is 0 Å². The Bertz CT molecular complexity index is 1570. The number of carbonyl (C=O) groups is 2. The lowest BCUT2D eigenvalue weighted by molar-refractivity contribution is -0.137. The van der Waals surface area contributed by atoms with Gasteiger partial charge in [-0.25, -0.2) is 0 Å². The molecular weight excluding hydrogens is 519 g/mol. The van der Waals surface area contributed by atoms with Gasteiger partial charge in [-0.3, -0.25) is 14.5 Å². The highest BCUT2D eigenvalue weighted by Crippen LogP contribution is 2.43. The molecule has 1 aromatic heterocycles. The quantitative estimate of drug-likeness (QED) is 0.288. The molecule has 0 N–H and O–H groups in total. The molecule has 0 radical (unpaired) electrons. The zero-order valence-electron chi connectivity index (χ0n) is 21.6. The molecule has 1 unspecified atom stereocenters. The van der Waals surface area contributed by atoms with E-state index in [1.165, 1.54) is 17.0 Å². The predicted molar refractivity (Wildman–Crippen MR) is 144 cm³/mol. The van der Waals surface area contributed by atoms with Gasteiger partial charge in [0.1, 0.15) is 18.3 Å². The highest BCUT2D eigenvalue weighted by Gasteiger charge is 2.40. The maximum atomic E-state index is 14.2. The van der Waals surface area contributed by atoms with E-state index in [0.717, 1.165) is 29.1 Å². The second-order valence-corrected chi connectivity index (χ2v) is 9.97. The Hall–Kier alpha value is -4.53. The smallest absolute Gasteiger partial charge is 0.416 e. The molecule has 6 nitrogen and oxygen atoms in total. The van der Waals surface area contributed by atoms with Crippen molar-refractivity contribution in [2.24, 2.45) is 0 Å². The van der Waals surface area contributed by atoms with Crippen LogP contribution in [0.3, 0.4) is 0 Å². The van der Waals surface area contributed by atoms with Gasteiger partial charge in [-0.15, -0.1) is 0 Å². The number of alkyl halides is 3. The Morgan fingerprint density at radius 3 is 2.33 bits per heavy atom. The van der Waals surface area contributed by atoms with Gasteiger partial charge < -0.3 is 14.2 Å². The number of methoxy groups -OCH3 is 1. The fraction of sp³-hybridized carbons (Fsp3) is 0.226. The van der Waals surface area contributed by atoms with Crippen LogP contribution in [0.15, 0.2) is 91.1 Å². The first-order chi connectivity index (χ1) is 19.3. The van der Waals surface area contributed by atoms with Crippen LogP contribution < -0.4 is 9.64 Å². The first kappa shape index (κ1) is 25.7. The Morgan fingerprint density at radius 1 is 0.925 bits per heavy atom. The van der Waals surface area contributed by atoms with Crippen molar-refractivity contribution in [3.63, 3.8) is 0 Å². The summed E-state index contributed by atoms with van der Waals surface area (Å²) in [6.45, 7) is -0.262. The Labute approximate surface area is 229 Å². The average Bonchev–Trinajstić information content (AvgIpc) is 3.69. The summed E-state index contributed by atoms with van der Waals surface area (Å²) in [5.74, 6) is -0.232. The third-order valence-corrected chi connectivity index (χ3v) is 7.41. The van der Waals surface area contributed by atoms with Crippen LogP contribution in [-0.2, 0) is 11.0 Å². The van der Waals surface area contributed by atoms with Gasteiger partial charge in [0.25, 0.3) is 5.91 Å². The lowest BCUT2D eigenvalue weighted by Gasteiger charge is -2.39. The molecule has 0 spiro atoms. The van der Waals surface area contributed by atoms with E-state index >= 15 is 0 Å². The van der Waals surface area contributed by atoms with Crippen LogP contribution in [0.2, 0.25) is 0 Å². The third-order valence-electron chi connectivity index (χ3n) is 7.41. The largest absolute Gasteiger partial charge is 0.497 e. The molecule has 1 fully saturated rings. The molecular formula is C31H26F3N3O3. The lowest BCUT2D eigenvalue weighted by Crippen LogP contribution is -2.47. The minimum Gasteiger partial charge on any atom is -0.497 e. The van der Waals surface area contributed by atoms with Gasteiger partial charge in [0.15, 0.2) is 0 Å². The van der Waals surface area contributed by atoms with Crippen molar-refractivity contribution in [2.45, 2.75) is 31.1 Å². The monoisotopic (exact) mass is 545 g/mol. The van der Waals surface area contributed by atoms with E-state index in [4.69, 9.17) is 4.74 Å². The van der Waals surface area contributed by atoms with Crippen LogP contribution in [0.5, 0.6) is 5.75 Å². The second-order valence-electron chi connectivity index (χ2n) is 9.97. The standard InChI is InChI=1S/C31H26F3N3O3/c1-40-24-15-11-20(12-16-24)29-27-10-5-17-35(27)25-8-2-3-9-26(25)37(29)28(38)19-36(23-13-14-23)30(39)21-6-4-7-22(18-21)31(32,33)34/h2-12,15-18,23,29H,13-14,19H2,1H3. The fourth-order valence-corrected chi connectivity index (χ4v) is 5.33. The van der Waals surface area contributed by atoms with E-state index in [1.807, 2.05) is 71.4 Å². The van der Waals surface area contributed by atoms with E-state index in [9.17, 15) is 22.8 Å². The number of benzene rings is 3. The number of para-hydroxylation sites is 2. The first-order valence-electron chi connectivity index (χ1n) is 13.0. The molecule has 3 aromatic carbocycles. The zero-order chi connectivity index (χ0) is 28.0. The maximum absolute atomic E-state index is 14.2. The minimum absolute atomic E-state index is 0.0887. The number of halogens is 3. The van der Waals surface area contributed by atoms with Gasteiger partial charge >= 0.3 is 6.18 Å². The Morgan fingerprint density at radius 2 is 1.65 bits per heavy atom. The van der Waals surface area contributed by atoms with Gasteiger partial charge in [0.05, 0.1) is 29.7 Å². The van der Waals surface area contributed by atoms with E-state index < -0.39 is 23.7 Å². The number of amides is 2. The highest BCUT2D eigenvalue weighted by molar-refractivity contribution is 6.03. The van der Waals surface area contributed by atoms with Crippen molar-refractivity contribution in [3.8, 4) is 11.4 Å². The van der Waals surface area contributed by atoms with Crippen molar-refractivity contribution in [2.75, 3.05) is 18.6 Å². The van der Waals surface area contributed by atoms with Crippen molar-refractivity contribution >= 4 is 17.5 Å². The van der Waals surface area contributed by atoms with Crippen LogP contribution in [0.25, 0.3) is 5.69 Å². The van der Waals surface area contributed by atoms with Gasteiger partial charge in [0, 0.05) is 17.8 Å². The van der Waals surface area contributed by atoms with Crippen molar-refractivity contribution in [3.05, 3.63) is 114 Å². The topological polar surface area (TPSA) is 54.8 Å².